The minimum absolute atomic E-state index is 0.00356. The molecule has 43 heavy (non-hydrogen) atoms. The molecule has 6 heterocycles. The summed E-state index contributed by atoms with van der Waals surface area (Å²) >= 11 is 0. The molecule has 0 unspecified atom stereocenters. The maximum Gasteiger partial charge on any atom is 0.331 e. The Kier molecular flexibility index (Phi) is 5.55. The summed E-state index contributed by atoms with van der Waals surface area (Å²) in [6.07, 6.45) is 12.2. The predicted molar refractivity (Wildman–Crippen MR) is 153 cm³/mol. The highest BCUT2D eigenvalue weighted by Crippen LogP contribution is 2.46. The maximum absolute atomic E-state index is 13.0. The Bertz CT molecular complexity index is 1980. The van der Waals surface area contributed by atoms with Gasteiger partial charge >= 0.3 is 6.03 Å². The molecule has 8 rings (SSSR count). The van der Waals surface area contributed by atoms with Gasteiger partial charge in [-0.05, 0) is 49.8 Å². The van der Waals surface area contributed by atoms with E-state index in [-0.39, 0.29) is 36.2 Å². The molecule has 2 aliphatic carbocycles. The number of rotatable bonds is 7. The van der Waals surface area contributed by atoms with Crippen molar-refractivity contribution in [3.05, 3.63) is 71.7 Å². The quantitative estimate of drug-likeness (QED) is 0.287. The molecule has 3 fully saturated rings. The van der Waals surface area contributed by atoms with Crippen LogP contribution in [-0.2, 0) is 16.0 Å². The molecular formula is C29H27N11O3. The Morgan fingerprint density at radius 3 is 2.72 bits per heavy atom. The normalized spacial score (nSPS) is 20.0. The van der Waals surface area contributed by atoms with Crippen molar-refractivity contribution in [3.8, 4) is 0 Å². The van der Waals surface area contributed by atoms with Crippen molar-refractivity contribution in [2.75, 3.05) is 23.8 Å². The molecule has 5 aromatic heterocycles. The Morgan fingerprint density at radius 1 is 1.09 bits per heavy atom. The molecule has 1 N–H and O–H groups in total. The van der Waals surface area contributed by atoms with Crippen molar-refractivity contribution >= 4 is 40.6 Å². The standard InChI is InChI=1S/C29H27N11O3/c1-15-5-6-30-26(32-15)19-9-20(19)28(42)34-22-13-40-23(35-36-24(40)10-31-22)8-18-12-38-11-17(16-3-4-16)7-21(27(38)33-18)39-14-25(41)37(2)29(39)43/h5-7,10-13,16,19-20H,3-4,8-9,14H2,1-2H3,(H,34,42)/t19-,20-/m0/s1. The summed E-state index contributed by atoms with van der Waals surface area (Å²) in [5.41, 5.74) is 4.46. The number of aromatic nitrogens is 8. The van der Waals surface area contributed by atoms with Crippen LogP contribution in [0.25, 0.3) is 11.3 Å². The van der Waals surface area contributed by atoms with Crippen LogP contribution in [-0.4, -0.2) is 75.3 Å². The monoisotopic (exact) mass is 577 g/mol. The lowest BCUT2D eigenvalue weighted by Crippen LogP contribution is -2.30. The van der Waals surface area contributed by atoms with E-state index in [0.717, 1.165) is 34.7 Å². The highest BCUT2D eigenvalue weighted by atomic mass is 16.2. The van der Waals surface area contributed by atoms with Crippen LogP contribution in [0.15, 0.2) is 43.1 Å². The first-order valence-corrected chi connectivity index (χ1v) is 14.2. The Labute approximate surface area is 244 Å². The van der Waals surface area contributed by atoms with Crippen molar-refractivity contribution in [2.24, 2.45) is 5.92 Å². The zero-order valence-corrected chi connectivity index (χ0v) is 23.5. The molecule has 1 saturated heterocycles. The van der Waals surface area contributed by atoms with Crippen LogP contribution in [0.5, 0.6) is 0 Å². The van der Waals surface area contributed by atoms with Gasteiger partial charge in [0, 0.05) is 43.2 Å². The second kappa shape index (κ2) is 9.37. The summed E-state index contributed by atoms with van der Waals surface area (Å²) < 4.78 is 3.71. The minimum Gasteiger partial charge on any atom is -0.309 e. The van der Waals surface area contributed by atoms with Gasteiger partial charge in [-0.2, -0.15) is 0 Å². The molecule has 14 heteroatoms. The van der Waals surface area contributed by atoms with E-state index >= 15 is 0 Å². The molecule has 14 nitrogen and oxygen atoms in total. The lowest BCUT2D eigenvalue weighted by Gasteiger charge is -2.17. The molecule has 3 aliphatic rings. The van der Waals surface area contributed by atoms with E-state index in [9.17, 15) is 14.4 Å². The van der Waals surface area contributed by atoms with E-state index in [2.05, 4.69) is 30.5 Å². The average molecular weight is 578 g/mol. The van der Waals surface area contributed by atoms with Crippen molar-refractivity contribution in [3.63, 3.8) is 0 Å². The van der Waals surface area contributed by atoms with E-state index in [1.165, 1.54) is 11.9 Å². The fourth-order valence-electron chi connectivity index (χ4n) is 5.69. The van der Waals surface area contributed by atoms with Crippen molar-refractivity contribution in [2.45, 2.75) is 44.4 Å². The van der Waals surface area contributed by atoms with Crippen LogP contribution in [0, 0.1) is 12.8 Å². The van der Waals surface area contributed by atoms with Gasteiger partial charge < -0.3 is 9.72 Å². The smallest absolute Gasteiger partial charge is 0.309 e. The largest absolute Gasteiger partial charge is 0.331 e. The van der Waals surface area contributed by atoms with Crippen molar-refractivity contribution in [1.82, 2.24) is 43.8 Å². The highest BCUT2D eigenvalue weighted by molar-refractivity contribution is 6.13. The molecule has 2 atom stereocenters. The zero-order valence-electron chi connectivity index (χ0n) is 23.5. The number of nitrogens with zero attached hydrogens (tertiary/aromatic N) is 10. The SMILES string of the molecule is Cc1ccnc([C@H]2C[C@@H]2C(=O)Nc2cn3c(Cc4cn5cc(C6CC6)cc(N6CC(=O)N(C)C6=O)c5n4)nnc3cn2)n1. The minimum atomic E-state index is -0.362. The Hall–Kier alpha value is -5.27. The molecule has 216 valence electrons. The Balaban J connectivity index is 1.06. The number of carbonyl (C=O) groups excluding carboxylic acids is 3. The number of nitrogens with one attached hydrogen (secondary N) is 1. The van der Waals surface area contributed by atoms with Gasteiger partial charge in [0.05, 0.1) is 30.2 Å². The summed E-state index contributed by atoms with van der Waals surface area (Å²) in [5, 5.41) is 11.5. The zero-order chi connectivity index (χ0) is 29.4. The van der Waals surface area contributed by atoms with Crippen LogP contribution in [0.1, 0.15) is 59.7 Å². The summed E-state index contributed by atoms with van der Waals surface area (Å²) in [5.74, 6) is 1.56. The van der Waals surface area contributed by atoms with E-state index in [1.54, 1.807) is 23.0 Å². The third kappa shape index (κ3) is 4.45. The van der Waals surface area contributed by atoms with Gasteiger partial charge in [-0.25, -0.2) is 24.7 Å². The van der Waals surface area contributed by atoms with Gasteiger partial charge in [0.2, 0.25) is 11.8 Å². The summed E-state index contributed by atoms with van der Waals surface area (Å²) in [4.78, 5) is 58.7. The molecule has 2 saturated carbocycles. The summed E-state index contributed by atoms with van der Waals surface area (Å²) in [6, 6.07) is 3.46. The second-order valence-corrected chi connectivity index (χ2v) is 11.5. The predicted octanol–water partition coefficient (Wildman–Crippen LogP) is 2.48. The average Bonchev–Trinajstić information content (AvgIpc) is 3.91. The molecule has 4 amide bonds. The number of hydrogen-bond acceptors (Lipinski definition) is 9. The summed E-state index contributed by atoms with van der Waals surface area (Å²) in [6.45, 7) is 1.89. The molecule has 1 aliphatic heterocycles. The van der Waals surface area contributed by atoms with Crippen LogP contribution in [0.4, 0.5) is 16.3 Å². The number of urea groups is 1. The number of carbonyl (C=O) groups is 3. The van der Waals surface area contributed by atoms with Gasteiger partial charge in [0.25, 0.3) is 0 Å². The topological polar surface area (TPSA) is 156 Å². The van der Waals surface area contributed by atoms with Gasteiger partial charge in [0.15, 0.2) is 11.3 Å². The molecule has 0 bridgehead atoms. The number of imide groups is 1. The van der Waals surface area contributed by atoms with Crippen LogP contribution < -0.4 is 10.2 Å². The van der Waals surface area contributed by atoms with Gasteiger partial charge in [-0.1, -0.05) is 0 Å². The van der Waals surface area contributed by atoms with Crippen molar-refractivity contribution < 1.29 is 14.4 Å². The van der Waals surface area contributed by atoms with E-state index < -0.39 is 0 Å². The number of fused-ring (bicyclic) bond motifs is 2. The first-order valence-electron chi connectivity index (χ1n) is 14.2. The number of aryl methyl sites for hydroxylation is 1. The van der Waals surface area contributed by atoms with E-state index in [4.69, 9.17) is 4.98 Å². The van der Waals surface area contributed by atoms with Crippen LogP contribution in [0.2, 0.25) is 0 Å². The fourth-order valence-corrected chi connectivity index (χ4v) is 5.69. The number of amides is 4. The first-order chi connectivity index (χ1) is 20.8. The fraction of sp³-hybridized carbons (Fsp3) is 0.345. The number of hydrogen-bond donors (Lipinski definition) is 1. The van der Waals surface area contributed by atoms with Crippen LogP contribution in [0.3, 0.4) is 0 Å². The Morgan fingerprint density at radius 2 is 1.95 bits per heavy atom. The molecule has 0 radical (unpaired) electrons. The molecule has 5 aromatic rings. The van der Waals surface area contributed by atoms with Crippen molar-refractivity contribution in [1.29, 1.82) is 0 Å². The molecular weight excluding hydrogens is 550 g/mol. The van der Waals surface area contributed by atoms with Gasteiger partial charge in [-0.3, -0.25) is 23.8 Å². The number of likely N-dealkylation sites (N-methyl/N-ethyl adjacent to an activating group) is 1. The number of anilines is 2. The molecule has 0 aromatic carbocycles. The van der Waals surface area contributed by atoms with Gasteiger partial charge in [0.1, 0.15) is 24.0 Å². The third-order valence-electron chi connectivity index (χ3n) is 8.35. The van der Waals surface area contributed by atoms with Gasteiger partial charge in [-0.15, -0.1) is 10.2 Å². The summed E-state index contributed by atoms with van der Waals surface area (Å²) in [7, 11) is 1.49. The second-order valence-electron chi connectivity index (χ2n) is 11.5. The van der Waals surface area contributed by atoms with E-state index in [1.807, 2.05) is 35.9 Å². The lowest BCUT2D eigenvalue weighted by atomic mass is 10.1. The third-order valence-corrected chi connectivity index (χ3v) is 8.35. The molecule has 0 spiro atoms. The number of imidazole rings is 1. The van der Waals surface area contributed by atoms with Crippen LogP contribution >= 0.6 is 0 Å². The maximum atomic E-state index is 13.0. The van der Waals surface area contributed by atoms with E-state index in [0.29, 0.717) is 53.2 Å². The first kappa shape index (κ1) is 25.4. The highest BCUT2D eigenvalue weighted by Gasteiger charge is 2.46. The lowest BCUT2D eigenvalue weighted by molar-refractivity contribution is -0.124. The number of pyridine rings is 1.